The molecule has 0 saturated carbocycles. The number of oxazole rings is 1. The van der Waals surface area contributed by atoms with E-state index in [1.165, 1.54) is 23.3 Å². The number of halogens is 1. The zero-order valence-corrected chi connectivity index (χ0v) is 30.5. The van der Waals surface area contributed by atoms with Gasteiger partial charge in [0.15, 0.2) is 19.9 Å². The molecule has 11 nitrogen and oxygen atoms in total. The average Bonchev–Trinajstić information content (AvgIpc) is 3.64. The molecule has 1 saturated heterocycles. The summed E-state index contributed by atoms with van der Waals surface area (Å²) >= 11 is 0. The number of alkyl halides is 1. The number of hydrogen-bond acceptors (Lipinski definition) is 8. The third kappa shape index (κ3) is 11.0. The SMILES string of the molecule is CC1=C\C(O[Si](C)(C)C(C)(C)C)C[C@@H](F)Cc2nc(co2)C(=O)N2CCC[C@@H]2C(=O)O[C@H](C(C)C)[C@H](CC(=O)O)/C=C/C(=O)NC\C=C\1. The molecule has 3 rings (SSSR count). The fraction of sp³-hybridized carbons (Fsp3) is 0.629. The van der Waals surface area contributed by atoms with Gasteiger partial charge in [-0.05, 0) is 49.9 Å². The number of nitrogens with zero attached hydrogens (tertiary/aromatic N) is 2. The maximum absolute atomic E-state index is 15.6. The second-order valence-electron chi connectivity index (χ2n) is 14.6. The first kappa shape index (κ1) is 38.9. The molecule has 1 aromatic rings. The quantitative estimate of drug-likeness (QED) is 0.290. The van der Waals surface area contributed by atoms with Gasteiger partial charge in [0.1, 0.15) is 24.6 Å². The van der Waals surface area contributed by atoms with Crippen LogP contribution in [0.5, 0.6) is 0 Å². The maximum atomic E-state index is 15.6. The van der Waals surface area contributed by atoms with Crippen molar-refractivity contribution in [3.63, 3.8) is 0 Å². The number of aliphatic carboxylic acids is 1. The van der Waals surface area contributed by atoms with Crippen LogP contribution in [0.15, 0.2) is 46.6 Å². The summed E-state index contributed by atoms with van der Waals surface area (Å²) in [5.41, 5.74) is 0.782. The minimum atomic E-state index is -2.29. The number of ether oxygens (including phenoxy) is 1. The average molecular weight is 690 g/mol. The van der Waals surface area contributed by atoms with Crippen molar-refractivity contribution in [3.8, 4) is 0 Å². The zero-order chi connectivity index (χ0) is 35.8. The van der Waals surface area contributed by atoms with E-state index in [1.807, 2.05) is 19.1 Å². The number of aromatic nitrogens is 1. The van der Waals surface area contributed by atoms with Crippen molar-refractivity contribution in [3.05, 3.63) is 53.8 Å². The smallest absolute Gasteiger partial charge is 0.329 e. The van der Waals surface area contributed by atoms with E-state index in [0.29, 0.717) is 12.8 Å². The largest absolute Gasteiger partial charge is 0.481 e. The second-order valence-corrected chi connectivity index (χ2v) is 19.3. The van der Waals surface area contributed by atoms with Gasteiger partial charge in [0.2, 0.25) is 5.91 Å². The van der Waals surface area contributed by atoms with Crippen LogP contribution in [0.3, 0.4) is 0 Å². The number of rotatable bonds is 5. The van der Waals surface area contributed by atoms with E-state index in [1.54, 1.807) is 19.9 Å². The van der Waals surface area contributed by atoms with Crippen molar-refractivity contribution in [2.75, 3.05) is 13.1 Å². The minimum Gasteiger partial charge on any atom is -0.481 e. The normalized spacial score (nSPS) is 28.2. The van der Waals surface area contributed by atoms with Gasteiger partial charge in [-0.2, -0.15) is 0 Å². The summed E-state index contributed by atoms with van der Waals surface area (Å²) in [5, 5.41) is 12.2. The first-order valence-electron chi connectivity index (χ1n) is 16.7. The van der Waals surface area contributed by atoms with Crippen LogP contribution in [0.4, 0.5) is 4.39 Å². The molecule has 1 aromatic heterocycles. The van der Waals surface area contributed by atoms with Crippen molar-refractivity contribution < 1.29 is 42.3 Å². The fourth-order valence-electron chi connectivity index (χ4n) is 5.58. The van der Waals surface area contributed by atoms with Crippen LogP contribution in [-0.2, 0) is 30.0 Å². The Bertz CT molecular complexity index is 1400. The predicted molar refractivity (Wildman–Crippen MR) is 181 cm³/mol. The molecule has 2 N–H and O–H groups in total. The lowest BCUT2D eigenvalue weighted by atomic mass is 9.89. The van der Waals surface area contributed by atoms with E-state index < -0.39 is 62.4 Å². The molecule has 0 spiro atoms. The molecule has 13 heteroatoms. The molecule has 1 unspecified atom stereocenters. The van der Waals surface area contributed by atoms with Gasteiger partial charge in [0, 0.05) is 25.4 Å². The summed E-state index contributed by atoms with van der Waals surface area (Å²) in [6.07, 6.45) is 6.93. The molecule has 266 valence electrons. The first-order chi connectivity index (χ1) is 22.4. The summed E-state index contributed by atoms with van der Waals surface area (Å²) in [5.74, 6) is -3.78. The summed E-state index contributed by atoms with van der Waals surface area (Å²) in [6.45, 7) is 16.5. The van der Waals surface area contributed by atoms with Crippen molar-refractivity contribution in [2.45, 2.75) is 116 Å². The van der Waals surface area contributed by atoms with Gasteiger partial charge in [0.05, 0.1) is 18.9 Å². The van der Waals surface area contributed by atoms with Crippen LogP contribution in [0.25, 0.3) is 0 Å². The fourth-order valence-corrected chi connectivity index (χ4v) is 6.86. The van der Waals surface area contributed by atoms with E-state index in [4.69, 9.17) is 13.6 Å². The number of carbonyl (C=O) groups excluding carboxylic acids is 3. The van der Waals surface area contributed by atoms with Crippen LogP contribution in [0, 0.1) is 11.8 Å². The summed E-state index contributed by atoms with van der Waals surface area (Å²) in [7, 11) is -2.29. The molecule has 2 aliphatic rings. The molecule has 48 heavy (non-hydrogen) atoms. The van der Waals surface area contributed by atoms with Crippen LogP contribution >= 0.6 is 0 Å². The Labute approximate surface area is 284 Å². The van der Waals surface area contributed by atoms with Crippen molar-refractivity contribution in [2.24, 2.45) is 11.8 Å². The Hall–Kier alpha value is -3.58. The Morgan fingerprint density at radius 2 is 1.94 bits per heavy atom. The van der Waals surface area contributed by atoms with E-state index in [-0.39, 0.29) is 54.9 Å². The topological polar surface area (TPSA) is 148 Å². The van der Waals surface area contributed by atoms with Gasteiger partial charge in [-0.15, -0.1) is 0 Å². The van der Waals surface area contributed by atoms with Gasteiger partial charge in [-0.25, -0.2) is 14.2 Å². The molecule has 2 bridgehead atoms. The molecule has 2 amide bonds. The predicted octanol–water partition coefficient (Wildman–Crippen LogP) is 5.79. The number of nitrogens with one attached hydrogen (secondary N) is 1. The molecule has 0 radical (unpaired) electrons. The molecule has 1 fully saturated rings. The summed E-state index contributed by atoms with van der Waals surface area (Å²) in [6, 6.07) is -0.915. The number of carboxylic acid groups (broad SMARTS) is 1. The van der Waals surface area contributed by atoms with Crippen LogP contribution in [-0.4, -0.2) is 84.6 Å². The molecular weight excluding hydrogens is 637 g/mol. The number of fused-ring (bicyclic) bond motifs is 3. The first-order valence-corrected chi connectivity index (χ1v) is 19.6. The highest BCUT2D eigenvalue weighted by molar-refractivity contribution is 6.74. The van der Waals surface area contributed by atoms with Gasteiger partial charge < -0.3 is 28.9 Å². The molecule has 3 heterocycles. The highest BCUT2D eigenvalue weighted by atomic mass is 28.4. The monoisotopic (exact) mass is 689 g/mol. The number of cyclic esters (lactones) is 1. The van der Waals surface area contributed by atoms with E-state index in [9.17, 15) is 24.3 Å². The number of amides is 2. The number of carboxylic acids is 1. The second kappa shape index (κ2) is 16.7. The lowest BCUT2D eigenvalue weighted by molar-refractivity contribution is -0.160. The van der Waals surface area contributed by atoms with Gasteiger partial charge in [0.25, 0.3) is 5.91 Å². The van der Waals surface area contributed by atoms with Gasteiger partial charge in [-0.1, -0.05) is 64.5 Å². The van der Waals surface area contributed by atoms with E-state index in [2.05, 4.69) is 44.2 Å². The van der Waals surface area contributed by atoms with Crippen molar-refractivity contribution in [1.82, 2.24) is 15.2 Å². The molecule has 0 aromatic carbocycles. The lowest BCUT2D eigenvalue weighted by Gasteiger charge is -2.39. The number of esters is 1. The Kier molecular flexibility index (Phi) is 13.5. The molecule has 2 aliphatic heterocycles. The summed E-state index contributed by atoms with van der Waals surface area (Å²) < 4.78 is 33.6. The van der Waals surface area contributed by atoms with Crippen molar-refractivity contribution in [1.29, 1.82) is 0 Å². The maximum Gasteiger partial charge on any atom is 0.329 e. The number of carbonyl (C=O) groups is 4. The molecule has 0 aliphatic carbocycles. The minimum absolute atomic E-state index is 0.0386. The van der Waals surface area contributed by atoms with E-state index >= 15 is 4.39 Å². The molecular formula is C35H52FN3O8Si. The highest BCUT2D eigenvalue weighted by Crippen LogP contribution is 2.38. The Morgan fingerprint density at radius 1 is 1.23 bits per heavy atom. The lowest BCUT2D eigenvalue weighted by Crippen LogP contribution is -2.44. The van der Waals surface area contributed by atoms with Gasteiger partial charge >= 0.3 is 11.9 Å². The highest BCUT2D eigenvalue weighted by Gasteiger charge is 2.41. The summed E-state index contributed by atoms with van der Waals surface area (Å²) in [4.78, 5) is 57.1. The zero-order valence-electron chi connectivity index (χ0n) is 29.5. The Balaban J connectivity index is 1.97. The van der Waals surface area contributed by atoms with Crippen LogP contribution in [0.1, 0.15) is 83.6 Å². The van der Waals surface area contributed by atoms with Crippen LogP contribution in [0.2, 0.25) is 18.1 Å². The van der Waals surface area contributed by atoms with Crippen molar-refractivity contribution >= 4 is 32.1 Å². The Morgan fingerprint density at radius 3 is 2.58 bits per heavy atom. The molecule has 5 atom stereocenters. The third-order valence-corrected chi connectivity index (χ3v) is 13.7. The third-order valence-electron chi connectivity index (χ3n) is 9.15. The van der Waals surface area contributed by atoms with Crippen LogP contribution < -0.4 is 5.32 Å². The number of hydrogen-bond donors (Lipinski definition) is 2. The van der Waals surface area contributed by atoms with E-state index in [0.717, 1.165) is 5.57 Å². The van der Waals surface area contributed by atoms with Gasteiger partial charge in [-0.3, -0.25) is 14.4 Å². The standard InChI is InChI=1S/C35H52FN3O8Si/c1-22(2)32-24(18-31(41)42)13-14-29(40)37-15-9-11-23(3)17-26(47-48(7,8)35(4,5)6)19-25(36)20-30-38-27(21-45-30)33(43)39-16-10-12-28(39)34(44)46-32/h9,11,13-14,17,21-22,24-26,28,32H,10,12,15-16,18-20H2,1-8H3,(H,37,40)(H,41,42)/b11-9+,14-13+,23-17+/t24-,25+,26?,28+,32+/m0/s1. The number of allylic oxidation sites excluding steroid dienone is 2.